The third kappa shape index (κ3) is 3.33. The first-order valence-electron chi connectivity index (χ1n) is 9.79. The van der Waals surface area contributed by atoms with Crippen molar-refractivity contribution in [2.45, 2.75) is 56.9 Å². The molecule has 156 valence electrons. The summed E-state index contributed by atoms with van der Waals surface area (Å²) in [5.41, 5.74) is -2.82. The second-order valence-electron chi connectivity index (χ2n) is 8.70. The van der Waals surface area contributed by atoms with Crippen LogP contribution in [0.15, 0.2) is 24.3 Å². The number of nitriles is 1. The number of benzene rings is 1. The lowest BCUT2D eigenvalue weighted by Crippen LogP contribution is -2.39. The van der Waals surface area contributed by atoms with Crippen LogP contribution >= 0.6 is 0 Å². The fraction of sp³-hybridized carbons (Fsp3) is 0.571. The zero-order valence-corrected chi connectivity index (χ0v) is 16.8. The highest BCUT2D eigenvalue weighted by atomic mass is 32.2. The summed E-state index contributed by atoms with van der Waals surface area (Å²) in [5, 5.41) is 9.24. The maximum Gasteiger partial charge on any atom is 0.534 e. The fourth-order valence-corrected chi connectivity index (χ4v) is 6.34. The molecular formula is C21H22F3NO3S. The topological polar surface area (TPSA) is 67.2 Å². The summed E-state index contributed by atoms with van der Waals surface area (Å²) in [6.07, 6.45) is 7.79. The second-order valence-corrected chi connectivity index (χ2v) is 10.2. The van der Waals surface area contributed by atoms with Crippen molar-refractivity contribution in [3.8, 4) is 11.8 Å². The van der Waals surface area contributed by atoms with Crippen LogP contribution in [0.2, 0.25) is 0 Å². The molecule has 1 aromatic carbocycles. The number of halogens is 3. The Morgan fingerprint density at radius 3 is 2.72 bits per heavy atom. The largest absolute Gasteiger partial charge is 0.534 e. The van der Waals surface area contributed by atoms with Crippen molar-refractivity contribution in [1.82, 2.24) is 0 Å². The number of nitrogens with zero attached hydrogens (tertiary/aromatic N) is 1. The standard InChI is InChI=1S/C21H22F3NO3S/c1-20-8-2-3-19(20)18-11-13(7-10-25)17-12-14(28-29(26,27)21(22,23)24)4-5-15(17)16(18)6-9-20/h4-5,7,12,16,18-19H,2-3,6,8-9,11H2,1H3/t16-,18-,19+,20+/m1/s1. The molecule has 0 heterocycles. The average Bonchev–Trinajstić information content (AvgIpc) is 3.03. The van der Waals surface area contributed by atoms with Crippen LogP contribution < -0.4 is 4.18 Å². The van der Waals surface area contributed by atoms with Gasteiger partial charge in [0, 0.05) is 6.08 Å². The molecule has 0 unspecified atom stereocenters. The Kier molecular flexibility index (Phi) is 4.73. The Balaban J connectivity index is 1.74. The second kappa shape index (κ2) is 6.76. The summed E-state index contributed by atoms with van der Waals surface area (Å²) in [6.45, 7) is 2.35. The Hall–Kier alpha value is -2.01. The van der Waals surface area contributed by atoms with Gasteiger partial charge in [0.1, 0.15) is 5.75 Å². The van der Waals surface area contributed by atoms with Crippen LogP contribution in [0.3, 0.4) is 0 Å². The van der Waals surface area contributed by atoms with Gasteiger partial charge in [-0.2, -0.15) is 26.9 Å². The summed E-state index contributed by atoms with van der Waals surface area (Å²) in [5.74, 6) is 0.849. The quantitative estimate of drug-likeness (QED) is 0.355. The number of hydrogen-bond donors (Lipinski definition) is 0. The van der Waals surface area contributed by atoms with E-state index in [-0.39, 0.29) is 11.7 Å². The molecule has 0 spiro atoms. The van der Waals surface area contributed by atoms with Crippen LogP contribution in [0.25, 0.3) is 5.57 Å². The SMILES string of the molecule is C[C@@]12CCC[C@H]1[C@@H]1CC(=CC#N)c3cc(OS(=O)(=O)C(F)(F)F)ccc3[C@H]1CC2. The van der Waals surface area contributed by atoms with E-state index < -0.39 is 15.6 Å². The first kappa shape index (κ1) is 20.3. The molecule has 0 saturated heterocycles. The van der Waals surface area contributed by atoms with E-state index in [9.17, 15) is 26.9 Å². The minimum absolute atomic E-state index is 0.269. The van der Waals surface area contributed by atoms with Crippen LogP contribution in [0.1, 0.15) is 62.5 Å². The molecule has 4 rings (SSSR count). The zero-order valence-electron chi connectivity index (χ0n) is 16.0. The number of allylic oxidation sites excluding steroid dienone is 2. The molecule has 2 saturated carbocycles. The van der Waals surface area contributed by atoms with E-state index in [0.29, 0.717) is 29.2 Å². The van der Waals surface area contributed by atoms with Crippen LogP contribution in [0.5, 0.6) is 5.75 Å². The van der Waals surface area contributed by atoms with Gasteiger partial charge in [-0.15, -0.1) is 0 Å². The number of hydrogen-bond acceptors (Lipinski definition) is 4. The van der Waals surface area contributed by atoms with Gasteiger partial charge in [-0.05, 0) is 84.1 Å². The lowest BCUT2D eigenvalue weighted by Gasteiger charge is -2.49. The van der Waals surface area contributed by atoms with E-state index in [1.165, 1.54) is 31.1 Å². The van der Waals surface area contributed by atoms with Crippen LogP contribution in [-0.4, -0.2) is 13.9 Å². The highest BCUT2D eigenvalue weighted by molar-refractivity contribution is 7.88. The van der Waals surface area contributed by atoms with Crippen molar-refractivity contribution in [3.05, 3.63) is 35.4 Å². The Morgan fingerprint density at radius 2 is 2.03 bits per heavy atom. The lowest BCUT2D eigenvalue weighted by molar-refractivity contribution is -0.0500. The Labute approximate surface area is 168 Å². The van der Waals surface area contributed by atoms with Gasteiger partial charge in [0.05, 0.1) is 6.07 Å². The minimum atomic E-state index is -5.73. The van der Waals surface area contributed by atoms with Crippen LogP contribution in [0, 0.1) is 28.6 Å². The van der Waals surface area contributed by atoms with Gasteiger partial charge in [0.15, 0.2) is 0 Å². The van der Waals surface area contributed by atoms with E-state index in [2.05, 4.69) is 11.1 Å². The van der Waals surface area contributed by atoms with Gasteiger partial charge < -0.3 is 4.18 Å². The van der Waals surface area contributed by atoms with Gasteiger partial charge in [-0.25, -0.2) is 0 Å². The van der Waals surface area contributed by atoms with Gasteiger partial charge in [0.25, 0.3) is 0 Å². The molecule has 3 aliphatic rings. The summed E-state index contributed by atoms with van der Waals surface area (Å²) in [7, 11) is -5.73. The summed E-state index contributed by atoms with van der Waals surface area (Å²) in [6, 6.07) is 6.33. The lowest BCUT2D eigenvalue weighted by atomic mass is 9.55. The molecule has 3 aliphatic carbocycles. The van der Waals surface area contributed by atoms with Crippen molar-refractivity contribution in [2.75, 3.05) is 0 Å². The molecule has 1 aromatic rings. The smallest absolute Gasteiger partial charge is 0.376 e. The van der Waals surface area contributed by atoms with E-state index in [4.69, 9.17) is 0 Å². The van der Waals surface area contributed by atoms with Crippen molar-refractivity contribution >= 4 is 15.7 Å². The van der Waals surface area contributed by atoms with Gasteiger partial charge >= 0.3 is 15.6 Å². The molecule has 0 aromatic heterocycles. The van der Waals surface area contributed by atoms with E-state index in [1.54, 1.807) is 6.07 Å². The van der Waals surface area contributed by atoms with Crippen molar-refractivity contribution in [2.24, 2.45) is 17.3 Å². The van der Waals surface area contributed by atoms with Crippen molar-refractivity contribution in [1.29, 1.82) is 5.26 Å². The highest BCUT2D eigenvalue weighted by Gasteiger charge is 2.51. The normalized spacial score (nSPS) is 32.8. The van der Waals surface area contributed by atoms with Crippen LogP contribution in [-0.2, 0) is 10.1 Å². The molecule has 4 nitrogen and oxygen atoms in total. The molecule has 0 amide bonds. The predicted octanol–water partition coefficient (Wildman–Crippen LogP) is 5.53. The van der Waals surface area contributed by atoms with E-state index in [1.807, 2.05) is 6.07 Å². The van der Waals surface area contributed by atoms with Gasteiger partial charge in [-0.3, -0.25) is 0 Å². The third-order valence-corrected chi connectivity index (χ3v) is 8.15. The van der Waals surface area contributed by atoms with Crippen LogP contribution in [0.4, 0.5) is 13.2 Å². The molecule has 8 heteroatoms. The van der Waals surface area contributed by atoms with Crippen molar-refractivity contribution < 1.29 is 25.8 Å². The van der Waals surface area contributed by atoms with Gasteiger partial charge in [-0.1, -0.05) is 19.4 Å². The zero-order chi connectivity index (χ0) is 21.0. The van der Waals surface area contributed by atoms with Gasteiger partial charge in [0.2, 0.25) is 0 Å². The summed E-state index contributed by atoms with van der Waals surface area (Å²) >= 11 is 0. The molecule has 0 bridgehead atoms. The number of rotatable bonds is 2. The predicted molar refractivity (Wildman–Crippen MR) is 101 cm³/mol. The van der Waals surface area contributed by atoms with Crippen molar-refractivity contribution in [3.63, 3.8) is 0 Å². The monoisotopic (exact) mass is 425 g/mol. The number of fused-ring (bicyclic) bond motifs is 5. The fourth-order valence-electron chi connectivity index (χ4n) is 5.89. The number of alkyl halides is 3. The molecule has 29 heavy (non-hydrogen) atoms. The Morgan fingerprint density at radius 1 is 1.28 bits per heavy atom. The van der Waals surface area contributed by atoms with E-state index >= 15 is 0 Å². The first-order chi connectivity index (χ1) is 13.6. The molecule has 4 atom stereocenters. The molecule has 0 N–H and O–H groups in total. The summed E-state index contributed by atoms with van der Waals surface area (Å²) in [4.78, 5) is 0. The maximum absolute atomic E-state index is 12.7. The Bertz CT molecular complexity index is 1010. The summed E-state index contributed by atoms with van der Waals surface area (Å²) < 4.78 is 65.1. The maximum atomic E-state index is 12.7. The highest BCUT2D eigenvalue weighted by Crippen LogP contribution is 2.62. The molecule has 0 radical (unpaired) electrons. The van der Waals surface area contributed by atoms with E-state index in [0.717, 1.165) is 30.4 Å². The third-order valence-electron chi connectivity index (χ3n) is 7.17. The minimum Gasteiger partial charge on any atom is -0.376 e. The molecule has 0 aliphatic heterocycles. The molecular weight excluding hydrogens is 403 g/mol. The first-order valence-corrected chi connectivity index (χ1v) is 11.2. The molecule has 2 fully saturated rings. The average molecular weight is 425 g/mol.